The molecule has 4 aliphatic heterocycles. The Morgan fingerprint density at radius 1 is 0.885 bits per heavy atom. The number of amides is 3. The Balaban J connectivity index is 1.59. The molecular formula is C20H21N3O3. The molecule has 3 saturated heterocycles. The van der Waals surface area contributed by atoms with E-state index in [0.717, 1.165) is 31.6 Å². The monoisotopic (exact) mass is 351 g/mol. The van der Waals surface area contributed by atoms with Crippen LogP contribution in [0.4, 0.5) is 5.69 Å². The number of carbonyl (C=O) groups is 3. The standard InChI is InChI=1S/C20H21N3O3/c1-21-17-14(22-9-5-6-10-22)11-13(18(21)24)15-16(17)20(26)23(19(15)25)12-7-3-2-4-8-12/h2-4,7-8,11,13,15-17H,5-6,9-10H2,1H3/t13-,15+,16+,17+/m1/s1. The molecular weight excluding hydrogens is 330 g/mol. The number of hydrogen-bond acceptors (Lipinski definition) is 4. The van der Waals surface area contributed by atoms with Crippen molar-refractivity contribution in [3.8, 4) is 0 Å². The summed E-state index contributed by atoms with van der Waals surface area (Å²) in [6.07, 6.45) is 4.23. The molecule has 6 rings (SSSR count). The summed E-state index contributed by atoms with van der Waals surface area (Å²) >= 11 is 0. The molecule has 3 amide bonds. The third-order valence-corrected chi connectivity index (χ3v) is 6.31. The minimum Gasteiger partial charge on any atom is -0.373 e. The van der Waals surface area contributed by atoms with Crippen LogP contribution in [0.5, 0.6) is 0 Å². The number of carbonyl (C=O) groups excluding carboxylic acids is 3. The maximum atomic E-state index is 13.3. The number of likely N-dealkylation sites (N-methyl/N-ethyl adjacent to an activating group) is 1. The van der Waals surface area contributed by atoms with E-state index in [1.807, 2.05) is 24.3 Å². The first-order chi connectivity index (χ1) is 12.6. The molecule has 0 aromatic heterocycles. The summed E-state index contributed by atoms with van der Waals surface area (Å²) in [6, 6.07) is 8.70. The highest BCUT2D eigenvalue weighted by atomic mass is 16.2. The van der Waals surface area contributed by atoms with Crippen LogP contribution >= 0.6 is 0 Å². The largest absolute Gasteiger partial charge is 0.373 e. The van der Waals surface area contributed by atoms with Gasteiger partial charge in [-0.15, -0.1) is 0 Å². The third-order valence-electron chi connectivity index (χ3n) is 6.31. The minimum absolute atomic E-state index is 0.0461. The fourth-order valence-corrected chi connectivity index (χ4v) is 5.13. The van der Waals surface area contributed by atoms with Crippen molar-refractivity contribution in [2.45, 2.75) is 18.9 Å². The highest BCUT2D eigenvalue weighted by Crippen LogP contribution is 2.49. The first-order valence-corrected chi connectivity index (χ1v) is 9.26. The van der Waals surface area contributed by atoms with Crippen LogP contribution in [0.15, 0.2) is 42.1 Å². The van der Waals surface area contributed by atoms with Crippen molar-refractivity contribution in [1.29, 1.82) is 0 Å². The lowest BCUT2D eigenvalue weighted by molar-refractivity contribution is -0.150. The summed E-state index contributed by atoms with van der Waals surface area (Å²) in [5.41, 5.74) is 1.65. The molecule has 4 heterocycles. The van der Waals surface area contributed by atoms with Gasteiger partial charge in [0.2, 0.25) is 17.7 Å². The van der Waals surface area contributed by atoms with E-state index < -0.39 is 17.8 Å². The summed E-state index contributed by atoms with van der Waals surface area (Å²) in [7, 11) is 1.77. The van der Waals surface area contributed by atoms with Gasteiger partial charge in [0, 0.05) is 25.8 Å². The molecule has 134 valence electrons. The van der Waals surface area contributed by atoms with Gasteiger partial charge in [-0.25, -0.2) is 4.90 Å². The van der Waals surface area contributed by atoms with Gasteiger partial charge in [0.15, 0.2) is 0 Å². The van der Waals surface area contributed by atoms with E-state index >= 15 is 0 Å². The smallest absolute Gasteiger partial charge is 0.240 e. The summed E-state index contributed by atoms with van der Waals surface area (Å²) < 4.78 is 0. The highest BCUT2D eigenvalue weighted by molar-refractivity contribution is 6.24. The van der Waals surface area contributed by atoms with Crippen LogP contribution < -0.4 is 4.90 Å². The number of piperidine rings is 1. The average Bonchev–Trinajstić information content (AvgIpc) is 3.27. The zero-order valence-electron chi connectivity index (χ0n) is 14.7. The highest BCUT2D eigenvalue weighted by Gasteiger charge is 2.64. The zero-order valence-corrected chi connectivity index (χ0v) is 14.7. The fraction of sp³-hybridized carbons (Fsp3) is 0.450. The van der Waals surface area contributed by atoms with E-state index in [-0.39, 0.29) is 23.8 Å². The third kappa shape index (κ3) is 1.90. The van der Waals surface area contributed by atoms with Gasteiger partial charge in [0.25, 0.3) is 0 Å². The summed E-state index contributed by atoms with van der Waals surface area (Å²) in [6.45, 7) is 1.91. The lowest BCUT2D eigenvalue weighted by Gasteiger charge is -2.49. The maximum Gasteiger partial charge on any atom is 0.240 e. The van der Waals surface area contributed by atoms with Crippen molar-refractivity contribution in [1.82, 2.24) is 9.80 Å². The van der Waals surface area contributed by atoms with E-state index in [9.17, 15) is 14.4 Å². The number of rotatable bonds is 2. The lowest BCUT2D eigenvalue weighted by atomic mass is 9.68. The van der Waals surface area contributed by atoms with E-state index in [0.29, 0.717) is 5.69 Å². The molecule has 6 nitrogen and oxygen atoms in total. The van der Waals surface area contributed by atoms with Gasteiger partial charge in [-0.1, -0.05) is 18.2 Å². The molecule has 1 aromatic carbocycles. The van der Waals surface area contributed by atoms with Crippen LogP contribution in [-0.2, 0) is 14.4 Å². The van der Waals surface area contributed by atoms with Gasteiger partial charge in [0.05, 0.1) is 29.5 Å². The lowest BCUT2D eigenvalue weighted by Crippen LogP contribution is -2.61. The van der Waals surface area contributed by atoms with Crippen molar-refractivity contribution in [2.24, 2.45) is 17.8 Å². The van der Waals surface area contributed by atoms with E-state index in [4.69, 9.17) is 0 Å². The number of para-hydroxylation sites is 1. The number of fused-ring (bicyclic) bond motifs is 1. The van der Waals surface area contributed by atoms with Crippen molar-refractivity contribution in [3.05, 3.63) is 42.1 Å². The summed E-state index contributed by atoms with van der Waals surface area (Å²) in [4.78, 5) is 44.4. The van der Waals surface area contributed by atoms with Crippen molar-refractivity contribution in [2.75, 3.05) is 25.0 Å². The quantitative estimate of drug-likeness (QED) is 0.753. The number of nitrogens with zero attached hydrogens (tertiary/aromatic N) is 3. The number of anilines is 1. The van der Waals surface area contributed by atoms with Crippen LogP contribution in [-0.4, -0.2) is 53.7 Å². The van der Waals surface area contributed by atoms with Crippen molar-refractivity contribution in [3.63, 3.8) is 0 Å². The molecule has 0 N–H and O–H groups in total. The minimum atomic E-state index is -0.567. The average molecular weight is 351 g/mol. The van der Waals surface area contributed by atoms with Gasteiger partial charge < -0.3 is 9.80 Å². The molecule has 0 radical (unpaired) electrons. The molecule has 0 spiro atoms. The maximum absolute atomic E-state index is 13.3. The topological polar surface area (TPSA) is 60.9 Å². The van der Waals surface area contributed by atoms with Crippen LogP contribution in [0.3, 0.4) is 0 Å². The van der Waals surface area contributed by atoms with Crippen molar-refractivity contribution >= 4 is 23.4 Å². The second-order valence-electron chi connectivity index (χ2n) is 7.60. The van der Waals surface area contributed by atoms with Gasteiger partial charge in [-0.05, 0) is 31.1 Å². The Labute approximate surface area is 152 Å². The Kier molecular flexibility index (Phi) is 3.26. The normalized spacial score (nSPS) is 33.2. The predicted molar refractivity (Wildman–Crippen MR) is 94.9 cm³/mol. The summed E-state index contributed by atoms with van der Waals surface area (Å²) in [5.74, 6) is -2.03. The molecule has 3 fully saturated rings. The molecule has 0 saturated carbocycles. The van der Waals surface area contributed by atoms with Crippen LogP contribution in [0.25, 0.3) is 0 Å². The number of hydrogen-bond donors (Lipinski definition) is 0. The zero-order chi connectivity index (χ0) is 18.0. The molecule has 4 atom stereocenters. The second-order valence-corrected chi connectivity index (χ2v) is 7.60. The van der Waals surface area contributed by atoms with Crippen LogP contribution in [0.2, 0.25) is 0 Å². The molecule has 1 aliphatic carbocycles. The Morgan fingerprint density at radius 3 is 2.23 bits per heavy atom. The Hall–Kier alpha value is -2.63. The number of imide groups is 1. The second kappa shape index (κ2) is 5.43. The van der Waals surface area contributed by atoms with Crippen LogP contribution in [0.1, 0.15) is 12.8 Å². The van der Waals surface area contributed by atoms with E-state index in [2.05, 4.69) is 4.90 Å². The molecule has 26 heavy (non-hydrogen) atoms. The van der Waals surface area contributed by atoms with Gasteiger partial charge in [-0.2, -0.15) is 0 Å². The van der Waals surface area contributed by atoms with Crippen LogP contribution in [0, 0.1) is 17.8 Å². The molecule has 0 unspecified atom stereocenters. The Morgan fingerprint density at radius 2 is 1.54 bits per heavy atom. The SMILES string of the molecule is CN1C(=O)[C@@H]2C=C(N3CCCC3)[C@H]1[C@H]1C(=O)N(c3ccccc3)C(=O)[C@H]12. The molecule has 5 aliphatic rings. The molecule has 1 aromatic rings. The number of likely N-dealkylation sites (tertiary alicyclic amines) is 1. The van der Waals surface area contributed by atoms with Gasteiger partial charge in [-0.3, -0.25) is 14.4 Å². The first kappa shape index (κ1) is 15.6. The fourth-order valence-electron chi connectivity index (χ4n) is 5.13. The number of benzene rings is 1. The van der Waals surface area contributed by atoms with E-state index in [1.54, 1.807) is 24.1 Å². The molecule has 6 heteroatoms. The van der Waals surface area contributed by atoms with E-state index in [1.165, 1.54) is 4.90 Å². The van der Waals surface area contributed by atoms with Gasteiger partial charge >= 0.3 is 0 Å². The molecule has 2 bridgehead atoms. The predicted octanol–water partition coefficient (Wildman–Crippen LogP) is 1.24. The Bertz CT molecular complexity index is 828. The van der Waals surface area contributed by atoms with Crippen molar-refractivity contribution < 1.29 is 14.4 Å². The first-order valence-electron chi connectivity index (χ1n) is 9.26. The van der Waals surface area contributed by atoms with Gasteiger partial charge in [0.1, 0.15) is 0 Å². The summed E-state index contributed by atoms with van der Waals surface area (Å²) in [5, 5.41) is 0.